The lowest BCUT2D eigenvalue weighted by molar-refractivity contribution is -0.113. The molecule has 0 fully saturated rings. The van der Waals surface area contributed by atoms with Gasteiger partial charge < -0.3 is 10.1 Å². The molecule has 24 heavy (non-hydrogen) atoms. The summed E-state index contributed by atoms with van der Waals surface area (Å²) < 4.78 is 5.12. The molecule has 0 aliphatic carbocycles. The number of amides is 1. The van der Waals surface area contributed by atoms with Crippen LogP contribution < -0.4 is 10.1 Å². The molecule has 4 nitrogen and oxygen atoms in total. The molecule has 0 saturated heterocycles. The maximum absolute atomic E-state index is 12.1. The molecule has 6 heteroatoms. The first-order chi connectivity index (χ1) is 11.7. The van der Waals surface area contributed by atoms with Gasteiger partial charge in [0.05, 0.1) is 18.6 Å². The Morgan fingerprint density at radius 2 is 1.92 bits per heavy atom. The topological polar surface area (TPSA) is 51.2 Å². The number of aromatic nitrogens is 1. The van der Waals surface area contributed by atoms with Gasteiger partial charge in [-0.3, -0.25) is 4.79 Å². The molecule has 1 heterocycles. The number of benzene rings is 2. The Bertz CT molecular complexity index is 801. The third-order valence-corrected chi connectivity index (χ3v) is 5.02. The smallest absolute Gasteiger partial charge is 0.236 e. The van der Waals surface area contributed by atoms with E-state index < -0.39 is 0 Å². The first kappa shape index (κ1) is 16.5. The number of carbonyl (C=O) groups excluding carboxylic acids is 1. The Labute approximate surface area is 148 Å². The fourth-order valence-corrected chi connectivity index (χ4v) is 3.48. The maximum Gasteiger partial charge on any atom is 0.236 e. The largest absolute Gasteiger partial charge is 0.497 e. The molecule has 3 rings (SSSR count). The lowest BCUT2D eigenvalue weighted by atomic mass is 10.2. The van der Waals surface area contributed by atoms with Crippen LogP contribution >= 0.6 is 23.1 Å². The van der Waals surface area contributed by atoms with Gasteiger partial charge in [-0.25, -0.2) is 4.98 Å². The summed E-state index contributed by atoms with van der Waals surface area (Å²) in [7, 11) is 1.63. The molecule has 0 atom stereocenters. The summed E-state index contributed by atoms with van der Waals surface area (Å²) in [5.41, 5.74) is 1.92. The van der Waals surface area contributed by atoms with Crippen LogP contribution in [0.5, 0.6) is 5.75 Å². The van der Waals surface area contributed by atoms with Gasteiger partial charge in [0.25, 0.3) is 0 Å². The molecule has 1 aromatic heterocycles. The van der Waals surface area contributed by atoms with E-state index in [9.17, 15) is 4.79 Å². The Morgan fingerprint density at radius 1 is 1.17 bits per heavy atom. The lowest BCUT2D eigenvalue weighted by Crippen LogP contribution is -2.13. The number of nitrogens with one attached hydrogen (secondary N) is 1. The van der Waals surface area contributed by atoms with Gasteiger partial charge >= 0.3 is 0 Å². The van der Waals surface area contributed by atoms with Gasteiger partial charge in [0.1, 0.15) is 5.75 Å². The van der Waals surface area contributed by atoms with Crippen molar-refractivity contribution in [3.8, 4) is 17.0 Å². The molecule has 1 amide bonds. The molecule has 0 spiro atoms. The van der Waals surface area contributed by atoms with Gasteiger partial charge in [-0.15, -0.1) is 23.1 Å². The van der Waals surface area contributed by atoms with E-state index in [1.165, 1.54) is 23.1 Å². The first-order valence-electron chi connectivity index (χ1n) is 7.32. The molecule has 0 unspecified atom stereocenters. The van der Waals surface area contributed by atoms with Gasteiger partial charge in [0.15, 0.2) is 5.13 Å². The SMILES string of the molecule is COc1ccc(SCC(=O)Nc2nc(-c3ccccc3)cs2)cc1. The van der Waals surface area contributed by atoms with E-state index in [0.717, 1.165) is 21.9 Å². The van der Waals surface area contributed by atoms with E-state index in [1.54, 1.807) is 7.11 Å². The molecule has 2 aromatic carbocycles. The van der Waals surface area contributed by atoms with E-state index in [-0.39, 0.29) is 5.91 Å². The zero-order valence-corrected chi connectivity index (χ0v) is 14.7. The number of hydrogen-bond donors (Lipinski definition) is 1. The number of anilines is 1. The summed E-state index contributed by atoms with van der Waals surface area (Å²) in [6.07, 6.45) is 0. The highest BCUT2D eigenvalue weighted by molar-refractivity contribution is 8.00. The number of methoxy groups -OCH3 is 1. The predicted molar refractivity (Wildman–Crippen MR) is 99.9 cm³/mol. The summed E-state index contributed by atoms with van der Waals surface area (Å²) in [6, 6.07) is 17.5. The van der Waals surface area contributed by atoms with Gasteiger partial charge in [-0.2, -0.15) is 0 Å². The number of rotatable bonds is 6. The normalized spacial score (nSPS) is 10.4. The molecule has 0 aliphatic heterocycles. The van der Waals surface area contributed by atoms with Crippen LogP contribution in [-0.4, -0.2) is 23.8 Å². The van der Waals surface area contributed by atoms with E-state index in [4.69, 9.17) is 4.74 Å². The minimum Gasteiger partial charge on any atom is -0.497 e. The molecule has 0 radical (unpaired) electrons. The Balaban J connectivity index is 1.54. The van der Waals surface area contributed by atoms with E-state index in [2.05, 4.69) is 10.3 Å². The molecule has 0 aliphatic rings. The highest BCUT2D eigenvalue weighted by Crippen LogP contribution is 2.25. The second kappa shape index (κ2) is 7.99. The summed E-state index contributed by atoms with van der Waals surface area (Å²) >= 11 is 2.91. The quantitative estimate of drug-likeness (QED) is 0.658. The van der Waals surface area contributed by atoms with Crippen molar-refractivity contribution in [3.05, 3.63) is 60.0 Å². The summed E-state index contributed by atoms with van der Waals surface area (Å²) in [4.78, 5) is 17.5. The minimum absolute atomic E-state index is 0.0650. The number of carbonyl (C=O) groups is 1. The highest BCUT2D eigenvalue weighted by atomic mass is 32.2. The van der Waals surface area contributed by atoms with Crippen molar-refractivity contribution in [2.24, 2.45) is 0 Å². The molecule has 3 aromatic rings. The summed E-state index contributed by atoms with van der Waals surface area (Å²) in [5.74, 6) is 1.08. The first-order valence-corrected chi connectivity index (χ1v) is 9.19. The van der Waals surface area contributed by atoms with Crippen molar-refractivity contribution in [1.82, 2.24) is 4.98 Å². The number of ether oxygens (including phenoxy) is 1. The average molecular weight is 356 g/mol. The van der Waals surface area contributed by atoms with Crippen molar-refractivity contribution >= 4 is 34.1 Å². The van der Waals surface area contributed by atoms with Crippen molar-refractivity contribution in [1.29, 1.82) is 0 Å². The Morgan fingerprint density at radius 3 is 2.62 bits per heavy atom. The molecule has 0 bridgehead atoms. The number of hydrogen-bond acceptors (Lipinski definition) is 5. The van der Waals surface area contributed by atoms with Crippen LogP contribution in [0.25, 0.3) is 11.3 Å². The van der Waals surface area contributed by atoms with Crippen molar-refractivity contribution in [3.63, 3.8) is 0 Å². The van der Waals surface area contributed by atoms with E-state index in [1.807, 2.05) is 60.0 Å². The predicted octanol–water partition coefficient (Wildman–Crippen LogP) is 4.55. The van der Waals surface area contributed by atoms with E-state index >= 15 is 0 Å². The third kappa shape index (κ3) is 4.37. The maximum atomic E-state index is 12.1. The summed E-state index contributed by atoms with van der Waals surface area (Å²) in [6.45, 7) is 0. The second-order valence-corrected chi connectivity index (χ2v) is 6.82. The number of nitrogens with zero attached hydrogens (tertiary/aromatic N) is 1. The zero-order chi connectivity index (χ0) is 16.8. The standard InChI is InChI=1S/C18H16N2O2S2/c1-22-14-7-9-15(10-8-14)23-12-17(21)20-18-19-16(11-24-18)13-5-3-2-4-6-13/h2-11H,12H2,1H3,(H,19,20,21). The van der Waals surface area contributed by atoms with Crippen LogP contribution in [0.15, 0.2) is 64.9 Å². The molecule has 0 saturated carbocycles. The van der Waals surface area contributed by atoms with Crippen LogP contribution in [0, 0.1) is 0 Å². The molecular formula is C18H16N2O2S2. The minimum atomic E-state index is -0.0650. The molecular weight excluding hydrogens is 340 g/mol. The van der Waals surface area contributed by atoms with Crippen LogP contribution in [0.2, 0.25) is 0 Å². The van der Waals surface area contributed by atoms with Gasteiger partial charge in [0, 0.05) is 15.8 Å². The Hall–Kier alpha value is -2.31. The zero-order valence-electron chi connectivity index (χ0n) is 13.1. The van der Waals surface area contributed by atoms with Crippen LogP contribution in [-0.2, 0) is 4.79 Å². The second-order valence-electron chi connectivity index (χ2n) is 4.92. The monoisotopic (exact) mass is 356 g/mol. The van der Waals surface area contributed by atoms with Gasteiger partial charge in [-0.05, 0) is 24.3 Å². The highest BCUT2D eigenvalue weighted by Gasteiger charge is 2.08. The lowest BCUT2D eigenvalue weighted by Gasteiger charge is -2.03. The van der Waals surface area contributed by atoms with Crippen molar-refractivity contribution in [2.45, 2.75) is 4.90 Å². The number of thioether (sulfide) groups is 1. The fourth-order valence-electron chi connectivity index (χ4n) is 2.05. The summed E-state index contributed by atoms with van der Waals surface area (Å²) in [5, 5.41) is 5.41. The van der Waals surface area contributed by atoms with Gasteiger partial charge in [-0.1, -0.05) is 30.3 Å². The van der Waals surface area contributed by atoms with Crippen molar-refractivity contribution < 1.29 is 9.53 Å². The van der Waals surface area contributed by atoms with Gasteiger partial charge in [0.2, 0.25) is 5.91 Å². The van der Waals surface area contributed by atoms with Crippen molar-refractivity contribution in [2.75, 3.05) is 18.2 Å². The number of thiazole rings is 1. The Kier molecular flexibility index (Phi) is 5.51. The average Bonchev–Trinajstić information content (AvgIpc) is 3.09. The van der Waals surface area contributed by atoms with Crippen LogP contribution in [0.1, 0.15) is 0 Å². The van der Waals surface area contributed by atoms with Crippen LogP contribution in [0.4, 0.5) is 5.13 Å². The molecule has 1 N–H and O–H groups in total. The fraction of sp³-hybridized carbons (Fsp3) is 0.111. The van der Waals surface area contributed by atoms with Crippen LogP contribution in [0.3, 0.4) is 0 Å². The third-order valence-electron chi connectivity index (χ3n) is 3.25. The molecule has 122 valence electrons. The van der Waals surface area contributed by atoms with E-state index in [0.29, 0.717) is 10.9 Å².